The fraction of sp³-hybridized carbons (Fsp3) is 0.926. The summed E-state index contributed by atoms with van der Waals surface area (Å²) in [6, 6.07) is 0. The molecule has 0 heterocycles. The molecule has 2 atom stereocenters. The van der Waals surface area contributed by atoms with Crippen LogP contribution in [0.3, 0.4) is 0 Å². The first-order valence-electron chi connectivity index (χ1n) is 13.4. The van der Waals surface area contributed by atoms with Crippen LogP contribution in [0.5, 0.6) is 0 Å². The van der Waals surface area contributed by atoms with Crippen LogP contribution in [-0.4, -0.2) is 24.6 Å². The molecule has 0 saturated heterocycles. The van der Waals surface area contributed by atoms with Crippen molar-refractivity contribution in [3.05, 3.63) is 0 Å². The molecule has 184 valence electrons. The largest absolute Gasteiger partial charge is 0.465 e. The molecule has 0 rings (SSSR count). The summed E-state index contributed by atoms with van der Waals surface area (Å²) in [5.41, 5.74) is 0. The van der Waals surface area contributed by atoms with E-state index in [0.717, 1.165) is 44.9 Å². The molecule has 0 aliphatic carbocycles. The minimum Gasteiger partial charge on any atom is -0.465 e. The molecule has 0 aromatic carbocycles. The highest BCUT2D eigenvalue weighted by Gasteiger charge is 2.13. The SMILES string of the molecule is CCCCCC[C@@H](CCCCCCCCCCC(=O)OC[C@@H](C)CCC)OC(=O)CC. The van der Waals surface area contributed by atoms with Gasteiger partial charge in [0, 0.05) is 12.8 Å². The lowest BCUT2D eigenvalue weighted by molar-refractivity contribution is -0.149. The third-order valence-corrected chi connectivity index (χ3v) is 5.93. The summed E-state index contributed by atoms with van der Waals surface area (Å²) >= 11 is 0. The Balaban J connectivity index is 3.63. The lowest BCUT2D eigenvalue weighted by Crippen LogP contribution is -2.17. The van der Waals surface area contributed by atoms with Crippen molar-refractivity contribution in [2.75, 3.05) is 6.61 Å². The van der Waals surface area contributed by atoms with Crippen LogP contribution in [0.15, 0.2) is 0 Å². The van der Waals surface area contributed by atoms with E-state index in [-0.39, 0.29) is 18.0 Å². The van der Waals surface area contributed by atoms with Crippen LogP contribution in [0.1, 0.15) is 143 Å². The molecule has 31 heavy (non-hydrogen) atoms. The highest BCUT2D eigenvalue weighted by Crippen LogP contribution is 2.17. The molecular formula is C27H52O4. The van der Waals surface area contributed by atoms with Gasteiger partial charge in [0.1, 0.15) is 6.10 Å². The Kier molecular flexibility index (Phi) is 21.4. The van der Waals surface area contributed by atoms with Crippen molar-refractivity contribution in [2.45, 2.75) is 149 Å². The van der Waals surface area contributed by atoms with Crippen LogP contribution < -0.4 is 0 Å². The molecule has 0 spiro atoms. The number of unbranched alkanes of at least 4 members (excludes halogenated alkanes) is 10. The highest BCUT2D eigenvalue weighted by atomic mass is 16.5. The van der Waals surface area contributed by atoms with E-state index >= 15 is 0 Å². The zero-order chi connectivity index (χ0) is 23.2. The smallest absolute Gasteiger partial charge is 0.305 e. The zero-order valence-electron chi connectivity index (χ0n) is 21.2. The molecule has 0 aromatic heterocycles. The third kappa shape index (κ3) is 20.6. The Hall–Kier alpha value is -1.06. The lowest BCUT2D eigenvalue weighted by atomic mass is 10.0. The minimum absolute atomic E-state index is 0.0315. The second kappa shape index (κ2) is 22.1. The van der Waals surface area contributed by atoms with E-state index < -0.39 is 0 Å². The van der Waals surface area contributed by atoms with Gasteiger partial charge in [0.05, 0.1) is 6.61 Å². The molecule has 0 fully saturated rings. The van der Waals surface area contributed by atoms with Gasteiger partial charge in [0.2, 0.25) is 0 Å². The van der Waals surface area contributed by atoms with Gasteiger partial charge in [-0.2, -0.15) is 0 Å². The number of esters is 2. The molecule has 0 N–H and O–H groups in total. The van der Waals surface area contributed by atoms with E-state index in [4.69, 9.17) is 9.47 Å². The summed E-state index contributed by atoms with van der Waals surface area (Å²) in [6.45, 7) is 8.97. The van der Waals surface area contributed by atoms with Crippen molar-refractivity contribution in [3.8, 4) is 0 Å². The zero-order valence-corrected chi connectivity index (χ0v) is 21.2. The molecule has 4 heteroatoms. The van der Waals surface area contributed by atoms with E-state index in [1.807, 2.05) is 6.92 Å². The summed E-state index contributed by atoms with van der Waals surface area (Å²) in [7, 11) is 0. The van der Waals surface area contributed by atoms with Crippen LogP contribution in [0.25, 0.3) is 0 Å². The average molecular weight is 441 g/mol. The van der Waals surface area contributed by atoms with Crippen LogP contribution >= 0.6 is 0 Å². The van der Waals surface area contributed by atoms with Crippen LogP contribution in [-0.2, 0) is 19.1 Å². The van der Waals surface area contributed by atoms with Gasteiger partial charge in [0.25, 0.3) is 0 Å². The summed E-state index contributed by atoms with van der Waals surface area (Å²) < 4.78 is 11.0. The van der Waals surface area contributed by atoms with E-state index in [0.29, 0.717) is 25.4 Å². The Morgan fingerprint density at radius 1 is 0.645 bits per heavy atom. The van der Waals surface area contributed by atoms with Crippen molar-refractivity contribution in [1.82, 2.24) is 0 Å². The quantitative estimate of drug-likeness (QED) is 0.126. The predicted molar refractivity (Wildman–Crippen MR) is 130 cm³/mol. The minimum atomic E-state index is -0.0557. The molecule has 0 aliphatic heterocycles. The standard InChI is InChI=1S/C27H52O4/c1-5-8-9-16-20-25(31-26(28)7-3)21-17-14-12-10-11-13-15-18-22-27(29)30-23-24(4)19-6-2/h24-25H,5-23H2,1-4H3/t24-,25-/m0/s1. The number of carbonyl (C=O) groups excluding carboxylic acids is 2. The predicted octanol–water partition coefficient (Wildman–Crippen LogP) is 8.16. The van der Waals surface area contributed by atoms with Crippen molar-refractivity contribution >= 4 is 11.9 Å². The fourth-order valence-electron chi connectivity index (χ4n) is 3.92. The maximum atomic E-state index is 11.7. The van der Waals surface area contributed by atoms with Crippen molar-refractivity contribution in [3.63, 3.8) is 0 Å². The lowest BCUT2D eigenvalue weighted by Gasteiger charge is -2.17. The van der Waals surface area contributed by atoms with Gasteiger partial charge < -0.3 is 9.47 Å². The van der Waals surface area contributed by atoms with Crippen LogP contribution in [0, 0.1) is 5.92 Å². The normalized spacial score (nSPS) is 13.0. The maximum Gasteiger partial charge on any atom is 0.305 e. The number of hydrogen-bond acceptors (Lipinski definition) is 4. The summed E-state index contributed by atoms with van der Waals surface area (Å²) in [5.74, 6) is 0.389. The second-order valence-electron chi connectivity index (χ2n) is 9.26. The highest BCUT2D eigenvalue weighted by molar-refractivity contribution is 5.69. The molecule has 0 saturated carbocycles. The molecule has 0 unspecified atom stereocenters. The number of carbonyl (C=O) groups is 2. The van der Waals surface area contributed by atoms with Crippen LogP contribution in [0.4, 0.5) is 0 Å². The molecule has 0 amide bonds. The fourth-order valence-corrected chi connectivity index (χ4v) is 3.92. The van der Waals surface area contributed by atoms with Gasteiger partial charge in [0.15, 0.2) is 0 Å². The van der Waals surface area contributed by atoms with Crippen molar-refractivity contribution < 1.29 is 19.1 Å². The summed E-state index contributed by atoms with van der Waals surface area (Å²) in [5, 5.41) is 0. The van der Waals surface area contributed by atoms with Crippen LogP contribution in [0.2, 0.25) is 0 Å². The van der Waals surface area contributed by atoms with E-state index in [1.54, 1.807) is 0 Å². The van der Waals surface area contributed by atoms with Gasteiger partial charge in [-0.15, -0.1) is 0 Å². The first kappa shape index (κ1) is 29.9. The third-order valence-electron chi connectivity index (χ3n) is 5.93. The molecule has 0 bridgehead atoms. The molecule has 0 aliphatic rings. The Morgan fingerprint density at radius 2 is 1.19 bits per heavy atom. The van der Waals surface area contributed by atoms with Crippen molar-refractivity contribution in [2.24, 2.45) is 5.92 Å². The topological polar surface area (TPSA) is 52.6 Å². The van der Waals surface area contributed by atoms with E-state index in [1.165, 1.54) is 57.8 Å². The summed E-state index contributed by atoms with van der Waals surface area (Å²) in [6.07, 6.45) is 19.8. The van der Waals surface area contributed by atoms with E-state index in [2.05, 4.69) is 20.8 Å². The molecule has 0 radical (unpaired) electrons. The molecule has 0 aromatic rings. The van der Waals surface area contributed by atoms with Gasteiger partial charge in [-0.25, -0.2) is 0 Å². The molecular weight excluding hydrogens is 388 g/mol. The number of ether oxygens (including phenoxy) is 2. The molecule has 4 nitrogen and oxygen atoms in total. The second-order valence-corrected chi connectivity index (χ2v) is 9.26. The Morgan fingerprint density at radius 3 is 1.74 bits per heavy atom. The van der Waals surface area contributed by atoms with Gasteiger partial charge in [-0.05, 0) is 44.4 Å². The number of hydrogen-bond donors (Lipinski definition) is 0. The Labute approximate surface area is 193 Å². The van der Waals surface area contributed by atoms with Gasteiger partial charge in [-0.1, -0.05) is 91.9 Å². The maximum absolute atomic E-state index is 11.7. The average Bonchev–Trinajstić information content (AvgIpc) is 2.76. The number of rotatable bonds is 22. The van der Waals surface area contributed by atoms with Gasteiger partial charge in [-0.3, -0.25) is 9.59 Å². The monoisotopic (exact) mass is 440 g/mol. The first-order valence-corrected chi connectivity index (χ1v) is 13.4. The first-order chi connectivity index (χ1) is 15.0. The van der Waals surface area contributed by atoms with E-state index in [9.17, 15) is 9.59 Å². The van der Waals surface area contributed by atoms with Gasteiger partial charge >= 0.3 is 11.9 Å². The van der Waals surface area contributed by atoms with Crippen molar-refractivity contribution in [1.29, 1.82) is 0 Å². The summed E-state index contributed by atoms with van der Waals surface area (Å²) in [4.78, 5) is 23.4. The Bertz CT molecular complexity index is 421.